The van der Waals surface area contributed by atoms with Gasteiger partial charge in [-0.1, -0.05) is 18.3 Å². The van der Waals surface area contributed by atoms with Crippen LogP contribution in [0.25, 0.3) is 0 Å². The Balaban J connectivity index is 2.21. The Morgan fingerprint density at radius 3 is 2.80 bits per heavy atom. The fraction of sp³-hybridized carbons (Fsp3) is 0.167. The molecule has 1 aromatic heterocycles. The second-order valence-corrected chi connectivity index (χ2v) is 6.48. The van der Waals surface area contributed by atoms with Crippen LogP contribution in [0.3, 0.4) is 0 Å². The van der Waals surface area contributed by atoms with Crippen LogP contribution >= 0.6 is 12.2 Å². The van der Waals surface area contributed by atoms with E-state index in [1.807, 2.05) is 0 Å². The maximum atomic E-state index is 12.2. The van der Waals surface area contributed by atoms with E-state index in [1.165, 1.54) is 6.07 Å². The number of aryl methyl sites for hydroxylation is 1. The number of rotatable bonds is 5. The number of sulfonamides is 1. The molecule has 0 fully saturated rings. The molecule has 0 saturated heterocycles. The fourth-order valence-corrected chi connectivity index (χ4v) is 3.05. The van der Waals surface area contributed by atoms with E-state index in [4.69, 9.17) is 18.0 Å². The van der Waals surface area contributed by atoms with Crippen molar-refractivity contribution in [3.05, 3.63) is 47.3 Å². The molecule has 0 aliphatic rings. The number of aromatic nitrogens is 2. The van der Waals surface area contributed by atoms with Crippen molar-refractivity contribution in [2.24, 2.45) is 5.73 Å². The first-order chi connectivity index (χ1) is 9.40. The molecule has 0 saturated carbocycles. The highest BCUT2D eigenvalue weighted by Gasteiger charge is 2.15. The van der Waals surface area contributed by atoms with Crippen molar-refractivity contribution in [1.29, 1.82) is 0 Å². The summed E-state index contributed by atoms with van der Waals surface area (Å²) in [6.07, 6.45) is 3.19. The van der Waals surface area contributed by atoms with Crippen LogP contribution in [-0.4, -0.2) is 23.6 Å². The van der Waals surface area contributed by atoms with Crippen LogP contribution < -0.4 is 10.5 Å². The van der Waals surface area contributed by atoms with E-state index in [0.717, 1.165) is 11.1 Å². The monoisotopic (exact) mass is 310 g/mol. The molecule has 0 radical (unpaired) electrons. The summed E-state index contributed by atoms with van der Waals surface area (Å²) in [7, 11) is -3.58. The number of benzene rings is 1. The summed E-state index contributed by atoms with van der Waals surface area (Å²) in [5.74, 6) is 0. The molecule has 20 heavy (non-hydrogen) atoms. The summed E-state index contributed by atoms with van der Waals surface area (Å²) in [5.41, 5.74) is 7.71. The Bertz CT molecular complexity index is 724. The lowest BCUT2D eigenvalue weighted by molar-refractivity contribution is 0.581. The van der Waals surface area contributed by atoms with Gasteiger partial charge in [0.2, 0.25) is 10.0 Å². The fourth-order valence-electron chi connectivity index (χ4n) is 1.72. The zero-order chi connectivity index (χ0) is 14.8. The van der Waals surface area contributed by atoms with Gasteiger partial charge in [-0.25, -0.2) is 13.1 Å². The summed E-state index contributed by atoms with van der Waals surface area (Å²) in [6.45, 7) is 1.94. The SMILES string of the molecule is Cc1cc(S(=O)(=O)NCc2cn[nH]c2)ccc1C(N)=S. The molecule has 0 spiro atoms. The van der Waals surface area contributed by atoms with Gasteiger partial charge in [0.15, 0.2) is 0 Å². The predicted octanol–water partition coefficient (Wildman–Crippen LogP) is 0.831. The summed E-state index contributed by atoms with van der Waals surface area (Å²) >= 11 is 4.89. The summed E-state index contributed by atoms with van der Waals surface area (Å²) in [4.78, 5) is 0.427. The van der Waals surface area contributed by atoms with Crippen molar-refractivity contribution in [1.82, 2.24) is 14.9 Å². The zero-order valence-corrected chi connectivity index (χ0v) is 12.4. The number of nitrogens with one attached hydrogen (secondary N) is 2. The van der Waals surface area contributed by atoms with Gasteiger partial charge < -0.3 is 5.73 Å². The molecule has 6 nitrogen and oxygen atoms in total. The first-order valence-electron chi connectivity index (χ1n) is 5.78. The first kappa shape index (κ1) is 14.6. The zero-order valence-electron chi connectivity index (χ0n) is 10.8. The molecule has 0 unspecified atom stereocenters. The van der Waals surface area contributed by atoms with Crippen LogP contribution in [0.2, 0.25) is 0 Å². The highest BCUT2D eigenvalue weighted by molar-refractivity contribution is 7.89. The van der Waals surface area contributed by atoms with E-state index in [1.54, 1.807) is 31.5 Å². The third kappa shape index (κ3) is 3.21. The van der Waals surface area contributed by atoms with Crippen LogP contribution in [0, 0.1) is 6.92 Å². The number of H-pyrrole nitrogens is 1. The van der Waals surface area contributed by atoms with E-state index in [0.29, 0.717) is 5.56 Å². The Morgan fingerprint density at radius 1 is 1.50 bits per heavy atom. The average Bonchev–Trinajstić information content (AvgIpc) is 2.89. The predicted molar refractivity (Wildman–Crippen MR) is 79.7 cm³/mol. The minimum Gasteiger partial charge on any atom is -0.389 e. The first-order valence-corrected chi connectivity index (χ1v) is 7.67. The maximum Gasteiger partial charge on any atom is 0.240 e. The van der Waals surface area contributed by atoms with Gasteiger partial charge >= 0.3 is 0 Å². The van der Waals surface area contributed by atoms with Gasteiger partial charge in [0.25, 0.3) is 0 Å². The van der Waals surface area contributed by atoms with Gasteiger partial charge in [-0.05, 0) is 24.6 Å². The Kier molecular flexibility index (Phi) is 4.17. The Labute approximate surface area is 122 Å². The van der Waals surface area contributed by atoms with Gasteiger partial charge in [-0.15, -0.1) is 0 Å². The molecule has 0 bridgehead atoms. The van der Waals surface area contributed by atoms with Gasteiger partial charge in [-0.2, -0.15) is 5.10 Å². The number of thiocarbonyl (C=S) groups is 1. The molecule has 4 N–H and O–H groups in total. The number of hydrogen-bond donors (Lipinski definition) is 3. The Morgan fingerprint density at radius 2 is 2.25 bits per heavy atom. The third-order valence-electron chi connectivity index (χ3n) is 2.79. The van der Waals surface area contributed by atoms with E-state index in [2.05, 4.69) is 14.9 Å². The lowest BCUT2D eigenvalue weighted by atomic mass is 10.1. The van der Waals surface area contributed by atoms with E-state index in [-0.39, 0.29) is 16.4 Å². The van der Waals surface area contributed by atoms with Crippen LogP contribution in [0.15, 0.2) is 35.5 Å². The van der Waals surface area contributed by atoms with Crippen molar-refractivity contribution in [2.75, 3.05) is 0 Å². The van der Waals surface area contributed by atoms with E-state index < -0.39 is 10.0 Å². The second kappa shape index (κ2) is 5.70. The molecule has 106 valence electrons. The second-order valence-electron chi connectivity index (χ2n) is 4.27. The van der Waals surface area contributed by atoms with Crippen LogP contribution in [0.1, 0.15) is 16.7 Å². The van der Waals surface area contributed by atoms with E-state index in [9.17, 15) is 8.42 Å². The molecule has 2 aromatic rings. The maximum absolute atomic E-state index is 12.2. The molecule has 0 aliphatic carbocycles. The van der Waals surface area contributed by atoms with Crippen molar-refractivity contribution >= 4 is 27.2 Å². The normalized spacial score (nSPS) is 11.4. The lowest BCUT2D eigenvalue weighted by Crippen LogP contribution is -2.23. The molecule has 0 atom stereocenters. The quantitative estimate of drug-likeness (QED) is 0.710. The molecular formula is C12H14N4O2S2. The van der Waals surface area contributed by atoms with E-state index >= 15 is 0 Å². The van der Waals surface area contributed by atoms with Crippen molar-refractivity contribution in [3.8, 4) is 0 Å². The molecule has 0 aliphatic heterocycles. The van der Waals surface area contributed by atoms with Gasteiger partial charge in [0.1, 0.15) is 4.99 Å². The standard InChI is InChI=1S/C12H14N4O2S2/c1-8-4-10(2-3-11(8)12(13)19)20(17,18)16-7-9-5-14-15-6-9/h2-6,16H,7H2,1H3,(H2,13,19)(H,14,15). The molecule has 8 heteroatoms. The average molecular weight is 310 g/mol. The van der Waals surface area contributed by atoms with Gasteiger partial charge in [-0.3, -0.25) is 5.10 Å². The number of hydrogen-bond acceptors (Lipinski definition) is 4. The van der Waals surface area contributed by atoms with Crippen LogP contribution in [0.5, 0.6) is 0 Å². The molecular weight excluding hydrogens is 296 g/mol. The van der Waals surface area contributed by atoms with Gasteiger partial charge in [0, 0.05) is 23.9 Å². The Hall–Kier alpha value is -1.77. The minimum atomic E-state index is -3.58. The summed E-state index contributed by atoms with van der Waals surface area (Å²) in [6, 6.07) is 4.65. The van der Waals surface area contributed by atoms with Gasteiger partial charge in [0.05, 0.1) is 11.1 Å². The van der Waals surface area contributed by atoms with Crippen LogP contribution in [-0.2, 0) is 16.6 Å². The van der Waals surface area contributed by atoms with Crippen LogP contribution in [0.4, 0.5) is 0 Å². The summed E-state index contributed by atoms with van der Waals surface area (Å²) in [5, 5.41) is 6.37. The van der Waals surface area contributed by atoms with Crippen molar-refractivity contribution in [2.45, 2.75) is 18.4 Å². The highest BCUT2D eigenvalue weighted by atomic mass is 32.2. The number of nitrogens with zero attached hydrogens (tertiary/aromatic N) is 1. The molecule has 0 amide bonds. The lowest BCUT2D eigenvalue weighted by Gasteiger charge is -2.09. The minimum absolute atomic E-state index is 0.176. The molecule has 1 aromatic carbocycles. The third-order valence-corrected chi connectivity index (χ3v) is 4.41. The molecule has 2 rings (SSSR count). The van der Waals surface area contributed by atoms with Crippen molar-refractivity contribution in [3.63, 3.8) is 0 Å². The highest BCUT2D eigenvalue weighted by Crippen LogP contribution is 2.15. The molecule has 1 heterocycles. The largest absolute Gasteiger partial charge is 0.389 e. The topological polar surface area (TPSA) is 101 Å². The number of nitrogens with two attached hydrogens (primary N) is 1. The summed E-state index contributed by atoms with van der Waals surface area (Å²) < 4.78 is 26.8. The number of aromatic amines is 1. The van der Waals surface area contributed by atoms with Crippen molar-refractivity contribution < 1.29 is 8.42 Å². The smallest absolute Gasteiger partial charge is 0.240 e.